The van der Waals surface area contributed by atoms with Crippen LogP contribution >= 0.6 is 11.8 Å². The van der Waals surface area contributed by atoms with Crippen molar-refractivity contribution in [2.75, 3.05) is 11.2 Å². The first-order valence-electron chi connectivity index (χ1n) is 5.38. The molecular formula is C10H9F3N6OS. The largest absolute Gasteiger partial charge is 0.416 e. The number of nitrogens with one attached hydrogen (secondary N) is 2. The highest BCUT2D eigenvalue weighted by atomic mass is 32.2. The molecule has 0 atom stereocenters. The van der Waals surface area contributed by atoms with E-state index in [1.807, 2.05) is 5.43 Å². The van der Waals surface area contributed by atoms with Gasteiger partial charge in [-0.2, -0.15) is 13.2 Å². The Bertz CT molecular complexity index is 717. The number of nitrogens with zero attached hydrogens (tertiary/aromatic N) is 2. The minimum Gasteiger partial charge on any atom is -0.383 e. The number of rotatable bonds is 3. The molecule has 2 aromatic rings. The summed E-state index contributed by atoms with van der Waals surface area (Å²) in [6, 6.07) is 2.63. The van der Waals surface area contributed by atoms with Crippen LogP contribution in [0.2, 0.25) is 0 Å². The lowest BCUT2D eigenvalue weighted by molar-refractivity contribution is -0.137. The van der Waals surface area contributed by atoms with E-state index >= 15 is 0 Å². The van der Waals surface area contributed by atoms with Gasteiger partial charge in [-0.05, 0) is 23.9 Å². The molecule has 0 saturated carbocycles. The van der Waals surface area contributed by atoms with Gasteiger partial charge in [0.25, 0.3) is 5.56 Å². The van der Waals surface area contributed by atoms with Crippen LogP contribution in [0.5, 0.6) is 0 Å². The van der Waals surface area contributed by atoms with Gasteiger partial charge in [-0.3, -0.25) is 4.79 Å². The van der Waals surface area contributed by atoms with Crippen LogP contribution in [0.25, 0.3) is 0 Å². The Morgan fingerprint density at radius 2 is 1.95 bits per heavy atom. The number of aromatic nitrogens is 3. The molecule has 11 heteroatoms. The summed E-state index contributed by atoms with van der Waals surface area (Å²) in [5.74, 6) is 4.87. The van der Waals surface area contributed by atoms with Gasteiger partial charge in [-0.15, -0.1) is 0 Å². The van der Waals surface area contributed by atoms with Gasteiger partial charge in [-0.1, -0.05) is 0 Å². The fraction of sp³-hybridized carbons (Fsp3) is 0.100. The van der Waals surface area contributed by atoms with Crippen LogP contribution in [0.4, 0.5) is 24.8 Å². The summed E-state index contributed by atoms with van der Waals surface area (Å²) in [6.45, 7) is 0. The molecule has 0 fully saturated rings. The van der Waals surface area contributed by atoms with Crippen molar-refractivity contribution in [3.8, 4) is 0 Å². The maximum absolute atomic E-state index is 12.8. The van der Waals surface area contributed by atoms with Gasteiger partial charge < -0.3 is 16.1 Å². The third kappa shape index (κ3) is 3.86. The highest BCUT2D eigenvalue weighted by Crippen LogP contribution is 2.34. The summed E-state index contributed by atoms with van der Waals surface area (Å²) < 4.78 is 38.3. The van der Waals surface area contributed by atoms with E-state index < -0.39 is 17.3 Å². The fourth-order valence-electron chi connectivity index (χ4n) is 1.40. The summed E-state index contributed by atoms with van der Waals surface area (Å²) in [5, 5.41) is -0.0266. The summed E-state index contributed by atoms with van der Waals surface area (Å²) in [4.78, 5) is 21.2. The Labute approximate surface area is 119 Å². The van der Waals surface area contributed by atoms with Gasteiger partial charge in [0.15, 0.2) is 5.16 Å². The number of hydrazine groups is 1. The second kappa shape index (κ2) is 5.61. The highest BCUT2D eigenvalue weighted by molar-refractivity contribution is 7.99. The number of halogens is 3. The fourth-order valence-corrected chi connectivity index (χ4v) is 2.23. The van der Waals surface area contributed by atoms with E-state index in [9.17, 15) is 18.0 Å². The van der Waals surface area contributed by atoms with Crippen LogP contribution in [0.3, 0.4) is 0 Å². The number of nitrogen functional groups attached to an aromatic ring is 2. The van der Waals surface area contributed by atoms with Crippen molar-refractivity contribution in [1.29, 1.82) is 0 Å². The van der Waals surface area contributed by atoms with Crippen LogP contribution < -0.4 is 22.6 Å². The first kappa shape index (κ1) is 15.1. The zero-order valence-electron chi connectivity index (χ0n) is 10.2. The number of nitrogens with two attached hydrogens (primary N) is 2. The van der Waals surface area contributed by atoms with Gasteiger partial charge in [0.05, 0.1) is 5.56 Å². The van der Waals surface area contributed by atoms with Crippen molar-refractivity contribution in [2.24, 2.45) is 5.84 Å². The van der Waals surface area contributed by atoms with Gasteiger partial charge in [0, 0.05) is 6.07 Å². The molecule has 0 aliphatic heterocycles. The zero-order chi connectivity index (χ0) is 15.6. The predicted molar refractivity (Wildman–Crippen MR) is 70.4 cm³/mol. The van der Waals surface area contributed by atoms with E-state index in [1.165, 1.54) is 0 Å². The first-order valence-corrected chi connectivity index (χ1v) is 6.20. The smallest absolute Gasteiger partial charge is 0.383 e. The van der Waals surface area contributed by atoms with E-state index in [0.717, 1.165) is 30.0 Å². The summed E-state index contributed by atoms with van der Waals surface area (Å²) >= 11 is 0.722. The number of pyridine rings is 1. The molecule has 6 N–H and O–H groups in total. The normalized spacial score (nSPS) is 11.4. The molecule has 0 amide bonds. The lowest BCUT2D eigenvalue weighted by Gasteiger charge is -2.10. The van der Waals surface area contributed by atoms with Gasteiger partial charge in [0.2, 0.25) is 0 Å². The highest BCUT2D eigenvalue weighted by Gasteiger charge is 2.31. The third-order valence-corrected chi connectivity index (χ3v) is 3.02. The van der Waals surface area contributed by atoms with Crippen molar-refractivity contribution in [3.63, 3.8) is 0 Å². The van der Waals surface area contributed by atoms with E-state index in [1.54, 1.807) is 0 Å². The number of hydrogen-bond acceptors (Lipinski definition) is 7. The van der Waals surface area contributed by atoms with Crippen LogP contribution in [0.1, 0.15) is 5.56 Å². The molecule has 0 spiro atoms. The van der Waals surface area contributed by atoms with E-state index in [4.69, 9.17) is 11.6 Å². The topological polar surface area (TPSA) is 123 Å². The minimum atomic E-state index is -4.56. The van der Waals surface area contributed by atoms with Crippen molar-refractivity contribution in [2.45, 2.75) is 16.4 Å². The third-order valence-electron chi connectivity index (χ3n) is 2.22. The van der Waals surface area contributed by atoms with Crippen molar-refractivity contribution < 1.29 is 13.2 Å². The zero-order valence-corrected chi connectivity index (χ0v) is 11.0. The van der Waals surface area contributed by atoms with Crippen molar-refractivity contribution >= 4 is 23.4 Å². The predicted octanol–water partition coefficient (Wildman–Crippen LogP) is 1.20. The molecule has 0 saturated heterocycles. The number of hydrogen-bond donors (Lipinski definition) is 4. The molecule has 0 aliphatic rings. The Kier molecular flexibility index (Phi) is 4.04. The molecule has 2 rings (SSSR count). The van der Waals surface area contributed by atoms with Crippen LogP contribution in [-0.4, -0.2) is 15.0 Å². The summed E-state index contributed by atoms with van der Waals surface area (Å²) in [6.07, 6.45) is -4.56. The van der Waals surface area contributed by atoms with Crippen LogP contribution in [0, 0.1) is 0 Å². The first-order chi connectivity index (χ1) is 9.77. The molecule has 21 heavy (non-hydrogen) atoms. The maximum Gasteiger partial charge on any atom is 0.416 e. The monoisotopic (exact) mass is 318 g/mol. The molecule has 112 valence electrons. The molecule has 0 aliphatic carbocycles. The molecule has 0 aromatic carbocycles. The molecule has 0 radical (unpaired) electrons. The second-order valence-corrected chi connectivity index (χ2v) is 4.81. The lowest BCUT2D eigenvalue weighted by Crippen LogP contribution is -2.13. The molecule has 0 unspecified atom stereocenters. The van der Waals surface area contributed by atoms with Crippen LogP contribution in [-0.2, 0) is 6.18 Å². The van der Waals surface area contributed by atoms with E-state index in [-0.39, 0.29) is 21.8 Å². The number of anilines is 2. The minimum absolute atomic E-state index is 0.0230. The molecule has 0 bridgehead atoms. The lowest BCUT2D eigenvalue weighted by atomic mass is 10.2. The standard InChI is InChI=1S/C10H9F3N6OS/c11-10(12,13)4-1-6(19-15)17-8(2-4)21-9-16-5(14)3-7(20)18-9/h1-3H,15H2,(H,17,19)(H3,14,16,18,20). The summed E-state index contributed by atoms with van der Waals surface area (Å²) in [5.41, 5.74) is 5.99. The average Bonchev–Trinajstić information content (AvgIpc) is 2.36. The summed E-state index contributed by atoms with van der Waals surface area (Å²) in [7, 11) is 0. The second-order valence-electron chi connectivity index (χ2n) is 3.80. The van der Waals surface area contributed by atoms with E-state index in [2.05, 4.69) is 15.0 Å². The number of aromatic amines is 1. The Balaban J connectivity index is 2.41. The number of alkyl halides is 3. The Hall–Kier alpha value is -2.27. The van der Waals surface area contributed by atoms with E-state index in [0.29, 0.717) is 0 Å². The Morgan fingerprint density at radius 1 is 1.24 bits per heavy atom. The molecule has 2 aromatic heterocycles. The molecule has 2 heterocycles. The van der Waals surface area contributed by atoms with Gasteiger partial charge in [-0.25, -0.2) is 15.8 Å². The van der Waals surface area contributed by atoms with Gasteiger partial charge >= 0.3 is 6.18 Å². The van der Waals surface area contributed by atoms with Gasteiger partial charge in [0.1, 0.15) is 16.7 Å². The molecular weight excluding hydrogens is 309 g/mol. The van der Waals surface area contributed by atoms with Crippen molar-refractivity contribution in [3.05, 3.63) is 34.1 Å². The molecule has 7 nitrogen and oxygen atoms in total. The Morgan fingerprint density at radius 3 is 2.52 bits per heavy atom. The SMILES string of the molecule is NNc1cc(C(F)(F)F)cc(Sc2nc(N)cc(=O)[nH]2)n1. The quantitative estimate of drug-likeness (QED) is 0.381. The average molecular weight is 318 g/mol. The van der Waals surface area contributed by atoms with Crippen molar-refractivity contribution in [1.82, 2.24) is 15.0 Å². The van der Waals surface area contributed by atoms with Crippen LogP contribution in [0.15, 0.2) is 33.2 Å². The number of H-pyrrole nitrogens is 1. The maximum atomic E-state index is 12.8.